The van der Waals surface area contributed by atoms with Crippen LogP contribution < -0.4 is 10.6 Å². The van der Waals surface area contributed by atoms with Crippen molar-refractivity contribution in [3.63, 3.8) is 0 Å². The summed E-state index contributed by atoms with van der Waals surface area (Å²) in [6.45, 7) is 7.31. The summed E-state index contributed by atoms with van der Waals surface area (Å²) < 4.78 is 27.3. The Morgan fingerprint density at radius 2 is 1.90 bits per heavy atom. The van der Waals surface area contributed by atoms with Crippen molar-refractivity contribution in [1.29, 1.82) is 0 Å². The number of ether oxygens (including phenoxy) is 1. The van der Waals surface area contributed by atoms with Crippen LogP contribution in [-0.2, 0) is 14.6 Å². The molecule has 0 aliphatic carbocycles. The van der Waals surface area contributed by atoms with E-state index in [2.05, 4.69) is 15.6 Å². The van der Waals surface area contributed by atoms with Crippen molar-refractivity contribution in [1.82, 2.24) is 10.6 Å². The number of aliphatic imine (C=N–C) groups is 1. The highest BCUT2D eigenvalue weighted by molar-refractivity contribution is 14.0. The molecule has 0 aromatic rings. The smallest absolute Gasteiger partial charge is 0.191 e. The summed E-state index contributed by atoms with van der Waals surface area (Å²) in [6, 6.07) is 0. The van der Waals surface area contributed by atoms with Gasteiger partial charge in [0.05, 0.1) is 5.75 Å². The van der Waals surface area contributed by atoms with E-state index < -0.39 is 9.84 Å². The first kappa shape index (κ1) is 22.2. The van der Waals surface area contributed by atoms with Crippen LogP contribution in [0, 0.1) is 0 Å². The highest BCUT2D eigenvalue weighted by atomic mass is 127. The van der Waals surface area contributed by atoms with Gasteiger partial charge in [0.25, 0.3) is 0 Å². The van der Waals surface area contributed by atoms with Crippen molar-refractivity contribution >= 4 is 39.8 Å². The van der Waals surface area contributed by atoms with Crippen LogP contribution in [0.1, 0.15) is 26.7 Å². The largest absolute Gasteiger partial charge is 0.382 e. The maximum absolute atomic E-state index is 11.0. The molecule has 0 aromatic carbocycles. The molecule has 8 heteroatoms. The van der Waals surface area contributed by atoms with Crippen molar-refractivity contribution < 1.29 is 13.2 Å². The van der Waals surface area contributed by atoms with Crippen LogP contribution in [0.4, 0.5) is 0 Å². The van der Waals surface area contributed by atoms with Gasteiger partial charge in [-0.05, 0) is 26.7 Å². The highest BCUT2D eigenvalue weighted by Gasteiger charge is 2.02. The maximum Gasteiger partial charge on any atom is 0.191 e. The molecule has 0 atom stereocenters. The number of rotatable bonds is 10. The molecular weight excluding hydrogens is 393 g/mol. The van der Waals surface area contributed by atoms with E-state index in [0.717, 1.165) is 32.6 Å². The molecule has 0 fully saturated rings. The van der Waals surface area contributed by atoms with Crippen molar-refractivity contribution in [2.45, 2.75) is 26.7 Å². The molecule has 6 nitrogen and oxygen atoms in total. The lowest BCUT2D eigenvalue weighted by Crippen LogP contribution is -2.39. The Morgan fingerprint density at radius 1 is 1.20 bits per heavy atom. The van der Waals surface area contributed by atoms with Crippen LogP contribution >= 0.6 is 24.0 Å². The third-order valence-corrected chi connectivity index (χ3v) is 3.23. The second-order valence-electron chi connectivity index (χ2n) is 4.22. The average Bonchev–Trinajstić information content (AvgIpc) is 2.32. The molecule has 0 aliphatic heterocycles. The lowest BCUT2D eigenvalue weighted by atomic mass is 10.3. The minimum atomic E-state index is -2.93. The van der Waals surface area contributed by atoms with Gasteiger partial charge in [-0.25, -0.2) is 8.42 Å². The SMILES string of the molecule is CCNC(=NCCCCOCC)NCCS(C)(=O)=O.I. The van der Waals surface area contributed by atoms with Crippen molar-refractivity contribution in [3.8, 4) is 0 Å². The molecule has 0 aliphatic rings. The van der Waals surface area contributed by atoms with Gasteiger partial charge in [-0.15, -0.1) is 24.0 Å². The fourth-order valence-electron chi connectivity index (χ4n) is 1.35. The van der Waals surface area contributed by atoms with E-state index in [-0.39, 0.29) is 29.7 Å². The van der Waals surface area contributed by atoms with Gasteiger partial charge in [-0.1, -0.05) is 0 Å². The first-order valence-corrected chi connectivity index (χ1v) is 8.83. The number of unbranched alkanes of at least 4 members (excludes halogenated alkanes) is 1. The summed E-state index contributed by atoms with van der Waals surface area (Å²) in [6.07, 6.45) is 3.18. The van der Waals surface area contributed by atoms with Crippen LogP contribution in [0.15, 0.2) is 4.99 Å². The van der Waals surface area contributed by atoms with Gasteiger partial charge >= 0.3 is 0 Å². The summed E-state index contributed by atoms with van der Waals surface area (Å²) >= 11 is 0. The second-order valence-corrected chi connectivity index (χ2v) is 6.48. The van der Waals surface area contributed by atoms with E-state index in [9.17, 15) is 8.42 Å². The zero-order valence-electron chi connectivity index (χ0n) is 12.6. The molecule has 20 heavy (non-hydrogen) atoms. The van der Waals surface area contributed by atoms with Crippen LogP contribution in [0.5, 0.6) is 0 Å². The fourth-order valence-corrected chi connectivity index (χ4v) is 1.82. The number of halogens is 1. The molecule has 0 bridgehead atoms. The molecule has 2 N–H and O–H groups in total. The van der Waals surface area contributed by atoms with E-state index in [4.69, 9.17) is 4.74 Å². The maximum atomic E-state index is 11.0. The summed E-state index contributed by atoms with van der Waals surface area (Å²) in [5.74, 6) is 0.782. The highest BCUT2D eigenvalue weighted by Crippen LogP contribution is 1.91. The molecule has 0 radical (unpaired) electrons. The summed E-state index contributed by atoms with van der Waals surface area (Å²) in [4.78, 5) is 4.37. The Morgan fingerprint density at radius 3 is 2.45 bits per heavy atom. The molecule has 0 unspecified atom stereocenters. The minimum Gasteiger partial charge on any atom is -0.382 e. The lowest BCUT2D eigenvalue weighted by Gasteiger charge is -2.10. The topological polar surface area (TPSA) is 79.8 Å². The fraction of sp³-hybridized carbons (Fsp3) is 0.917. The molecule has 0 rings (SSSR count). The molecule has 0 saturated heterocycles. The van der Waals surface area contributed by atoms with Crippen molar-refractivity contribution in [3.05, 3.63) is 0 Å². The Labute approximate surface area is 140 Å². The number of nitrogens with zero attached hydrogens (tertiary/aromatic N) is 1. The van der Waals surface area contributed by atoms with E-state index >= 15 is 0 Å². The van der Waals surface area contributed by atoms with Gasteiger partial charge in [0.1, 0.15) is 9.84 Å². The molecule has 0 saturated carbocycles. The Balaban J connectivity index is 0. The first-order chi connectivity index (χ1) is 8.99. The molecule has 122 valence electrons. The molecule has 0 heterocycles. The van der Waals surface area contributed by atoms with E-state index in [0.29, 0.717) is 19.0 Å². The quantitative estimate of drug-likeness (QED) is 0.238. The number of hydrogen-bond donors (Lipinski definition) is 2. The Kier molecular flexibility index (Phi) is 15.4. The molecular formula is C12H28IN3O3S. The Bertz CT molecular complexity index is 348. The first-order valence-electron chi connectivity index (χ1n) is 6.77. The number of sulfone groups is 1. The second kappa shape index (κ2) is 13.9. The van der Waals surface area contributed by atoms with Gasteiger partial charge in [0, 0.05) is 39.1 Å². The molecule has 0 amide bonds. The standard InChI is InChI=1S/C12H27N3O3S.HI/c1-4-13-12(15-9-11-19(3,16)17)14-8-6-7-10-18-5-2;/h4-11H2,1-3H3,(H2,13,14,15);1H. The normalized spacial score (nSPS) is 11.8. The number of hydrogen-bond acceptors (Lipinski definition) is 4. The number of guanidine groups is 1. The predicted molar refractivity (Wildman–Crippen MR) is 94.8 cm³/mol. The van der Waals surface area contributed by atoms with Crippen LogP contribution in [0.2, 0.25) is 0 Å². The molecule has 0 aromatic heterocycles. The third kappa shape index (κ3) is 16.0. The van der Waals surface area contributed by atoms with Crippen molar-refractivity contribution in [2.24, 2.45) is 4.99 Å². The average molecular weight is 421 g/mol. The Hall–Kier alpha value is -0.0900. The predicted octanol–water partition coefficient (Wildman–Crippen LogP) is 1.02. The monoisotopic (exact) mass is 421 g/mol. The minimum absolute atomic E-state index is 0. The van der Waals surface area contributed by atoms with Gasteiger partial charge in [0.2, 0.25) is 0 Å². The van der Waals surface area contributed by atoms with Gasteiger partial charge < -0.3 is 15.4 Å². The number of nitrogens with one attached hydrogen (secondary N) is 2. The van der Waals surface area contributed by atoms with Crippen LogP contribution in [0.3, 0.4) is 0 Å². The zero-order valence-corrected chi connectivity index (χ0v) is 15.8. The summed E-state index contributed by atoms with van der Waals surface area (Å²) in [7, 11) is -2.93. The van der Waals surface area contributed by atoms with E-state index in [1.807, 2.05) is 13.8 Å². The lowest BCUT2D eigenvalue weighted by molar-refractivity contribution is 0.144. The van der Waals surface area contributed by atoms with Crippen LogP contribution in [-0.4, -0.2) is 59.2 Å². The molecule has 0 spiro atoms. The van der Waals surface area contributed by atoms with Crippen molar-refractivity contribution in [2.75, 3.05) is 44.9 Å². The van der Waals surface area contributed by atoms with Gasteiger partial charge in [0.15, 0.2) is 5.96 Å². The third-order valence-electron chi connectivity index (χ3n) is 2.28. The van der Waals surface area contributed by atoms with Gasteiger partial charge in [-0.2, -0.15) is 0 Å². The zero-order chi connectivity index (χ0) is 14.6. The van der Waals surface area contributed by atoms with E-state index in [1.165, 1.54) is 6.26 Å². The summed E-state index contributed by atoms with van der Waals surface area (Å²) in [5, 5.41) is 6.09. The van der Waals surface area contributed by atoms with Crippen LogP contribution in [0.25, 0.3) is 0 Å². The summed E-state index contributed by atoms with van der Waals surface area (Å²) in [5.41, 5.74) is 0. The van der Waals surface area contributed by atoms with Gasteiger partial charge in [-0.3, -0.25) is 4.99 Å². The van der Waals surface area contributed by atoms with E-state index in [1.54, 1.807) is 0 Å².